The molecular weight excluding hydrogens is 349 g/mol. The van der Waals surface area contributed by atoms with E-state index in [0.29, 0.717) is 4.47 Å². The fourth-order valence-corrected chi connectivity index (χ4v) is 2.93. The third-order valence-corrected chi connectivity index (χ3v) is 4.09. The predicted molar refractivity (Wildman–Crippen MR) is 73.7 cm³/mol. The van der Waals surface area contributed by atoms with Crippen molar-refractivity contribution in [3.8, 4) is 0 Å². The van der Waals surface area contributed by atoms with Crippen LogP contribution in [0.2, 0.25) is 0 Å². The van der Waals surface area contributed by atoms with Crippen LogP contribution in [-0.2, 0) is 12.1 Å². The van der Waals surface area contributed by atoms with Crippen LogP contribution in [0.15, 0.2) is 41.0 Å². The summed E-state index contributed by atoms with van der Waals surface area (Å²) in [7, 11) is 0. The maximum Gasteiger partial charge on any atom is 0.268 e. The molecule has 0 saturated carbocycles. The number of alkyl halides is 2. The van der Waals surface area contributed by atoms with Crippen molar-refractivity contribution in [3.63, 3.8) is 0 Å². The van der Waals surface area contributed by atoms with Gasteiger partial charge in [0.2, 0.25) is 0 Å². The second-order valence-corrected chi connectivity index (χ2v) is 5.79. The standard InChI is InChI=1S/C14H10BrF3N2O/c15-8-3-4-10(16)9(6-8)14(13(17)18)7-20-5-1-2-11(20)12(21)19-14/h1-6,13H,7H2,(H,19,21). The van der Waals surface area contributed by atoms with Gasteiger partial charge >= 0.3 is 0 Å². The van der Waals surface area contributed by atoms with Crippen molar-refractivity contribution >= 4 is 21.8 Å². The number of nitrogens with one attached hydrogen (secondary N) is 1. The normalized spacial score (nSPS) is 21.3. The number of halogens is 4. The number of hydrogen-bond acceptors (Lipinski definition) is 1. The number of aromatic nitrogens is 1. The van der Waals surface area contributed by atoms with Crippen molar-refractivity contribution in [2.24, 2.45) is 0 Å². The molecule has 0 saturated heterocycles. The van der Waals surface area contributed by atoms with Crippen molar-refractivity contribution in [3.05, 3.63) is 58.1 Å². The first-order valence-corrected chi connectivity index (χ1v) is 6.95. The Labute approximate surface area is 126 Å². The molecule has 0 spiro atoms. The van der Waals surface area contributed by atoms with E-state index in [1.54, 1.807) is 6.07 Å². The highest BCUT2D eigenvalue weighted by Crippen LogP contribution is 2.36. The number of carbonyl (C=O) groups is 1. The Balaban J connectivity index is 2.19. The van der Waals surface area contributed by atoms with Crippen LogP contribution in [0.3, 0.4) is 0 Å². The van der Waals surface area contributed by atoms with Crippen molar-refractivity contribution in [1.82, 2.24) is 9.88 Å². The summed E-state index contributed by atoms with van der Waals surface area (Å²) in [4.78, 5) is 12.0. The Hall–Kier alpha value is -1.76. The van der Waals surface area contributed by atoms with Gasteiger partial charge in [-0.05, 0) is 30.3 Å². The van der Waals surface area contributed by atoms with Crippen LogP contribution in [0.25, 0.3) is 0 Å². The summed E-state index contributed by atoms with van der Waals surface area (Å²) in [6, 6.07) is 6.91. The maximum absolute atomic E-state index is 14.1. The quantitative estimate of drug-likeness (QED) is 0.877. The summed E-state index contributed by atoms with van der Waals surface area (Å²) < 4.78 is 43.4. The molecule has 1 aromatic carbocycles. The average molecular weight is 359 g/mol. The molecule has 21 heavy (non-hydrogen) atoms. The van der Waals surface area contributed by atoms with Crippen LogP contribution >= 0.6 is 15.9 Å². The molecule has 2 aromatic rings. The van der Waals surface area contributed by atoms with Gasteiger partial charge in [0.1, 0.15) is 17.1 Å². The molecule has 2 heterocycles. The van der Waals surface area contributed by atoms with Crippen LogP contribution in [0.1, 0.15) is 16.1 Å². The third-order valence-electron chi connectivity index (χ3n) is 3.60. The molecule has 1 unspecified atom stereocenters. The lowest BCUT2D eigenvalue weighted by molar-refractivity contribution is 0.00713. The number of fused-ring (bicyclic) bond motifs is 1. The van der Waals surface area contributed by atoms with E-state index in [4.69, 9.17) is 0 Å². The number of carbonyl (C=O) groups excluding carboxylic acids is 1. The van der Waals surface area contributed by atoms with Crippen molar-refractivity contribution < 1.29 is 18.0 Å². The van der Waals surface area contributed by atoms with Gasteiger partial charge in [0.05, 0.1) is 6.54 Å². The number of rotatable bonds is 2. The first-order chi connectivity index (χ1) is 9.94. The Morgan fingerprint density at radius 3 is 2.81 bits per heavy atom. The van der Waals surface area contributed by atoms with E-state index in [9.17, 15) is 18.0 Å². The Bertz CT molecular complexity index is 716. The fraction of sp³-hybridized carbons (Fsp3) is 0.214. The molecule has 1 aromatic heterocycles. The Morgan fingerprint density at radius 2 is 2.10 bits per heavy atom. The van der Waals surface area contributed by atoms with Gasteiger partial charge in [-0.3, -0.25) is 4.79 Å². The van der Waals surface area contributed by atoms with E-state index >= 15 is 0 Å². The molecule has 7 heteroatoms. The van der Waals surface area contributed by atoms with Crippen LogP contribution in [0.5, 0.6) is 0 Å². The van der Waals surface area contributed by atoms with E-state index < -0.39 is 23.7 Å². The zero-order valence-electron chi connectivity index (χ0n) is 10.6. The van der Waals surface area contributed by atoms with E-state index in [0.717, 1.165) is 6.07 Å². The fourth-order valence-electron chi connectivity index (χ4n) is 2.57. The van der Waals surface area contributed by atoms with Crippen molar-refractivity contribution in [2.75, 3.05) is 0 Å². The van der Waals surface area contributed by atoms with Crippen molar-refractivity contribution in [1.29, 1.82) is 0 Å². The molecule has 0 aliphatic carbocycles. The summed E-state index contributed by atoms with van der Waals surface area (Å²) in [6.45, 7) is -0.230. The monoisotopic (exact) mass is 358 g/mol. The molecule has 1 N–H and O–H groups in total. The van der Waals surface area contributed by atoms with Gasteiger partial charge < -0.3 is 9.88 Å². The molecule has 3 nitrogen and oxygen atoms in total. The van der Waals surface area contributed by atoms with Crippen LogP contribution in [-0.4, -0.2) is 16.9 Å². The minimum Gasteiger partial charge on any atom is -0.341 e. The van der Waals surface area contributed by atoms with Gasteiger partial charge in [-0.15, -0.1) is 0 Å². The summed E-state index contributed by atoms with van der Waals surface area (Å²) >= 11 is 3.14. The molecule has 110 valence electrons. The van der Waals surface area contributed by atoms with Gasteiger partial charge in [-0.2, -0.15) is 0 Å². The molecule has 1 aliphatic rings. The zero-order chi connectivity index (χ0) is 15.2. The molecule has 1 atom stereocenters. The number of nitrogens with zero attached hydrogens (tertiary/aromatic N) is 1. The van der Waals surface area contributed by atoms with Gasteiger partial charge in [-0.1, -0.05) is 15.9 Å². The lowest BCUT2D eigenvalue weighted by Crippen LogP contribution is -2.58. The van der Waals surface area contributed by atoms with Gasteiger partial charge in [-0.25, -0.2) is 13.2 Å². The molecular formula is C14H10BrF3N2O. The third kappa shape index (κ3) is 2.16. The smallest absolute Gasteiger partial charge is 0.268 e. The molecule has 1 aliphatic heterocycles. The molecule has 1 amide bonds. The summed E-state index contributed by atoms with van der Waals surface area (Å²) in [6.07, 6.45) is -1.43. The van der Waals surface area contributed by atoms with E-state index in [1.165, 1.54) is 29.0 Å². The van der Waals surface area contributed by atoms with Crippen LogP contribution in [0, 0.1) is 5.82 Å². The summed E-state index contributed by atoms with van der Waals surface area (Å²) in [5.74, 6) is -1.43. The van der Waals surface area contributed by atoms with E-state index in [2.05, 4.69) is 21.2 Å². The predicted octanol–water partition coefficient (Wildman–Crippen LogP) is 3.29. The second kappa shape index (κ2) is 4.91. The SMILES string of the molecule is O=C1NC(c2cc(Br)ccc2F)(C(F)F)Cn2cccc21. The number of hydrogen-bond donors (Lipinski definition) is 1. The highest BCUT2D eigenvalue weighted by molar-refractivity contribution is 9.10. The molecule has 0 bridgehead atoms. The molecule has 3 rings (SSSR count). The van der Waals surface area contributed by atoms with Gasteiger partial charge in [0.25, 0.3) is 12.3 Å². The number of amides is 1. The molecule has 0 fully saturated rings. The summed E-state index contributed by atoms with van der Waals surface area (Å²) in [5.41, 5.74) is -2.04. The average Bonchev–Trinajstić information content (AvgIpc) is 2.89. The van der Waals surface area contributed by atoms with Crippen LogP contribution in [0.4, 0.5) is 13.2 Å². The lowest BCUT2D eigenvalue weighted by atomic mass is 9.87. The Kier molecular flexibility index (Phi) is 3.32. The zero-order valence-corrected chi connectivity index (χ0v) is 12.2. The maximum atomic E-state index is 14.1. The minimum absolute atomic E-state index is 0.230. The second-order valence-electron chi connectivity index (χ2n) is 4.87. The van der Waals surface area contributed by atoms with E-state index in [-0.39, 0.29) is 17.8 Å². The first kappa shape index (κ1) is 14.2. The van der Waals surface area contributed by atoms with Crippen LogP contribution < -0.4 is 5.32 Å². The van der Waals surface area contributed by atoms with E-state index in [1.807, 2.05) is 0 Å². The first-order valence-electron chi connectivity index (χ1n) is 6.15. The highest BCUT2D eigenvalue weighted by Gasteiger charge is 2.48. The minimum atomic E-state index is -2.96. The van der Waals surface area contributed by atoms with Gasteiger partial charge in [0.15, 0.2) is 0 Å². The van der Waals surface area contributed by atoms with Crippen molar-refractivity contribution in [2.45, 2.75) is 18.5 Å². The van der Waals surface area contributed by atoms with Gasteiger partial charge in [0, 0.05) is 16.2 Å². The number of benzene rings is 1. The Morgan fingerprint density at radius 1 is 1.33 bits per heavy atom. The topological polar surface area (TPSA) is 34.0 Å². The lowest BCUT2D eigenvalue weighted by Gasteiger charge is -2.38. The largest absolute Gasteiger partial charge is 0.341 e. The molecule has 0 radical (unpaired) electrons. The summed E-state index contributed by atoms with van der Waals surface area (Å²) in [5, 5.41) is 2.29. The highest BCUT2D eigenvalue weighted by atomic mass is 79.9.